The van der Waals surface area contributed by atoms with E-state index in [0.717, 1.165) is 25.7 Å². The Morgan fingerprint density at radius 3 is 2.70 bits per heavy atom. The van der Waals surface area contributed by atoms with Gasteiger partial charge in [0, 0.05) is 12.1 Å². The second-order valence-corrected chi connectivity index (χ2v) is 4.96. The first-order chi connectivity index (χ1) is 9.50. The number of carboxylic acids is 1. The van der Waals surface area contributed by atoms with Crippen molar-refractivity contribution in [3.05, 3.63) is 33.9 Å². The summed E-state index contributed by atoms with van der Waals surface area (Å²) in [5.41, 5.74) is 5.50. The van der Waals surface area contributed by atoms with Crippen molar-refractivity contribution >= 4 is 17.3 Å². The van der Waals surface area contributed by atoms with Gasteiger partial charge in [0.25, 0.3) is 0 Å². The summed E-state index contributed by atoms with van der Waals surface area (Å²) in [7, 11) is 0. The van der Waals surface area contributed by atoms with Crippen LogP contribution in [0, 0.1) is 10.1 Å². The zero-order chi connectivity index (χ0) is 14.7. The number of hydrogen-bond acceptors (Lipinski definition) is 5. The van der Waals surface area contributed by atoms with E-state index in [-0.39, 0.29) is 23.3 Å². The molecule has 1 fully saturated rings. The van der Waals surface area contributed by atoms with Crippen LogP contribution in [0.2, 0.25) is 0 Å². The third kappa shape index (κ3) is 2.88. The third-order valence-corrected chi connectivity index (χ3v) is 3.61. The number of nitrogens with two attached hydrogens (primary N) is 1. The summed E-state index contributed by atoms with van der Waals surface area (Å²) in [6.07, 6.45) is 3.76. The highest BCUT2D eigenvalue weighted by atomic mass is 16.6. The standard InChI is InChI=1S/C13H17N3O4/c14-9-5-1-2-6-10(9)15-11-7-3-4-8(13(17)18)12(11)16(19)20/h3-4,7,9-10,15H,1-2,5-6,14H2,(H,17,18). The Balaban J connectivity index is 2.33. The fraction of sp³-hybridized carbons (Fsp3) is 0.462. The topological polar surface area (TPSA) is 118 Å². The van der Waals surface area contributed by atoms with Crippen LogP contribution in [0.25, 0.3) is 0 Å². The average Bonchev–Trinajstić information content (AvgIpc) is 2.40. The van der Waals surface area contributed by atoms with E-state index in [1.54, 1.807) is 0 Å². The second-order valence-electron chi connectivity index (χ2n) is 4.96. The van der Waals surface area contributed by atoms with Crippen LogP contribution in [-0.2, 0) is 0 Å². The van der Waals surface area contributed by atoms with Gasteiger partial charge in [-0.3, -0.25) is 10.1 Å². The van der Waals surface area contributed by atoms with Crippen molar-refractivity contribution in [2.75, 3.05) is 5.32 Å². The number of anilines is 1. The Hall–Kier alpha value is -2.15. The molecule has 1 aliphatic rings. The number of nitrogens with one attached hydrogen (secondary N) is 1. The van der Waals surface area contributed by atoms with E-state index in [4.69, 9.17) is 10.8 Å². The summed E-state index contributed by atoms with van der Waals surface area (Å²) in [5.74, 6) is -1.31. The lowest BCUT2D eigenvalue weighted by atomic mass is 9.90. The quantitative estimate of drug-likeness (QED) is 0.572. The SMILES string of the molecule is NC1CCCCC1Nc1cccc(C(=O)O)c1[N+](=O)[O-]. The summed E-state index contributed by atoms with van der Waals surface area (Å²) in [6, 6.07) is 4.11. The smallest absolute Gasteiger partial charge is 0.342 e. The van der Waals surface area contributed by atoms with Crippen LogP contribution in [0.1, 0.15) is 36.0 Å². The highest BCUT2D eigenvalue weighted by molar-refractivity contribution is 5.95. The van der Waals surface area contributed by atoms with Crippen molar-refractivity contribution < 1.29 is 14.8 Å². The van der Waals surface area contributed by atoms with Crippen molar-refractivity contribution in [1.29, 1.82) is 0 Å². The van der Waals surface area contributed by atoms with Crippen molar-refractivity contribution in [1.82, 2.24) is 0 Å². The summed E-state index contributed by atoms with van der Waals surface area (Å²) in [6.45, 7) is 0. The van der Waals surface area contributed by atoms with Gasteiger partial charge in [-0.2, -0.15) is 0 Å². The molecule has 0 heterocycles. The molecule has 2 atom stereocenters. The first-order valence-corrected chi connectivity index (χ1v) is 6.53. The maximum Gasteiger partial charge on any atom is 0.342 e. The number of benzene rings is 1. The fourth-order valence-corrected chi connectivity index (χ4v) is 2.57. The number of nitro groups is 1. The van der Waals surface area contributed by atoms with Crippen molar-refractivity contribution in [2.45, 2.75) is 37.8 Å². The molecule has 7 nitrogen and oxygen atoms in total. The van der Waals surface area contributed by atoms with Gasteiger partial charge in [0.2, 0.25) is 0 Å². The molecule has 0 spiro atoms. The number of nitro benzene ring substituents is 1. The number of nitrogens with zero attached hydrogens (tertiary/aromatic N) is 1. The van der Waals surface area contributed by atoms with Gasteiger partial charge in [-0.1, -0.05) is 18.9 Å². The second kappa shape index (κ2) is 5.87. The number of carbonyl (C=O) groups is 1. The molecule has 4 N–H and O–H groups in total. The molecular formula is C13H17N3O4. The van der Waals surface area contributed by atoms with Crippen LogP contribution in [0.4, 0.5) is 11.4 Å². The number of hydrogen-bond donors (Lipinski definition) is 3. The molecule has 1 aromatic rings. The molecule has 0 saturated heterocycles. The lowest BCUT2D eigenvalue weighted by molar-refractivity contribution is -0.384. The van der Waals surface area contributed by atoms with E-state index in [1.165, 1.54) is 18.2 Å². The van der Waals surface area contributed by atoms with Crippen molar-refractivity contribution in [3.8, 4) is 0 Å². The van der Waals surface area contributed by atoms with E-state index in [9.17, 15) is 14.9 Å². The van der Waals surface area contributed by atoms with Gasteiger partial charge in [0.15, 0.2) is 0 Å². The number of rotatable bonds is 4. The zero-order valence-electron chi connectivity index (χ0n) is 10.9. The summed E-state index contributed by atoms with van der Waals surface area (Å²) in [5, 5.41) is 23.2. The van der Waals surface area contributed by atoms with Gasteiger partial charge in [-0.05, 0) is 25.0 Å². The van der Waals surface area contributed by atoms with E-state index in [1.807, 2.05) is 0 Å². The first kappa shape index (κ1) is 14.3. The molecular weight excluding hydrogens is 262 g/mol. The normalized spacial score (nSPS) is 22.2. The predicted octanol–water partition coefficient (Wildman–Crippen LogP) is 1.97. The monoisotopic (exact) mass is 279 g/mol. The molecule has 1 saturated carbocycles. The largest absolute Gasteiger partial charge is 0.477 e. The lowest BCUT2D eigenvalue weighted by Crippen LogP contribution is -2.42. The molecule has 0 aliphatic heterocycles. The Morgan fingerprint density at radius 2 is 2.10 bits per heavy atom. The molecule has 20 heavy (non-hydrogen) atoms. The van der Waals surface area contributed by atoms with Crippen LogP contribution in [0.5, 0.6) is 0 Å². The van der Waals surface area contributed by atoms with Crippen molar-refractivity contribution in [2.24, 2.45) is 5.73 Å². The third-order valence-electron chi connectivity index (χ3n) is 3.61. The molecule has 0 amide bonds. The molecule has 2 rings (SSSR count). The maximum atomic E-state index is 11.1. The van der Waals surface area contributed by atoms with Crippen LogP contribution < -0.4 is 11.1 Å². The molecule has 108 valence electrons. The van der Waals surface area contributed by atoms with E-state index in [2.05, 4.69) is 5.32 Å². The highest BCUT2D eigenvalue weighted by Crippen LogP contribution is 2.31. The van der Waals surface area contributed by atoms with Gasteiger partial charge in [-0.15, -0.1) is 0 Å². The summed E-state index contributed by atoms with van der Waals surface area (Å²) < 4.78 is 0. The first-order valence-electron chi connectivity index (χ1n) is 6.53. The molecule has 1 aliphatic carbocycles. The Kier molecular flexibility index (Phi) is 4.19. The Morgan fingerprint density at radius 1 is 1.40 bits per heavy atom. The van der Waals surface area contributed by atoms with Crippen LogP contribution >= 0.6 is 0 Å². The number of aromatic carboxylic acids is 1. The summed E-state index contributed by atoms with van der Waals surface area (Å²) in [4.78, 5) is 21.6. The van der Waals surface area contributed by atoms with Crippen LogP contribution in [0.3, 0.4) is 0 Å². The fourth-order valence-electron chi connectivity index (χ4n) is 2.57. The minimum Gasteiger partial charge on any atom is -0.477 e. The lowest BCUT2D eigenvalue weighted by Gasteiger charge is -2.30. The number of para-hydroxylation sites is 1. The molecule has 2 unspecified atom stereocenters. The van der Waals surface area contributed by atoms with Crippen LogP contribution in [-0.4, -0.2) is 28.1 Å². The Labute approximate surface area is 115 Å². The van der Waals surface area contributed by atoms with Gasteiger partial charge in [0.1, 0.15) is 11.3 Å². The summed E-state index contributed by atoms with van der Waals surface area (Å²) >= 11 is 0. The van der Waals surface area contributed by atoms with Gasteiger partial charge in [-0.25, -0.2) is 4.79 Å². The minimum absolute atomic E-state index is 0.0634. The zero-order valence-corrected chi connectivity index (χ0v) is 10.9. The van der Waals surface area contributed by atoms with E-state index < -0.39 is 16.6 Å². The average molecular weight is 279 g/mol. The maximum absolute atomic E-state index is 11.1. The van der Waals surface area contributed by atoms with Crippen molar-refractivity contribution in [3.63, 3.8) is 0 Å². The molecule has 0 bridgehead atoms. The predicted molar refractivity (Wildman–Crippen MR) is 73.9 cm³/mol. The van der Waals surface area contributed by atoms with E-state index in [0.29, 0.717) is 0 Å². The van der Waals surface area contributed by atoms with Gasteiger partial charge < -0.3 is 16.2 Å². The minimum atomic E-state index is -1.31. The Bertz CT molecular complexity index is 532. The van der Waals surface area contributed by atoms with Crippen LogP contribution in [0.15, 0.2) is 18.2 Å². The number of carboxylic acid groups (broad SMARTS) is 1. The molecule has 0 radical (unpaired) electrons. The van der Waals surface area contributed by atoms with Gasteiger partial charge >= 0.3 is 11.7 Å². The molecule has 1 aromatic carbocycles. The van der Waals surface area contributed by atoms with E-state index >= 15 is 0 Å². The molecule has 7 heteroatoms. The van der Waals surface area contributed by atoms with Gasteiger partial charge in [0.05, 0.1) is 4.92 Å². The highest BCUT2D eigenvalue weighted by Gasteiger charge is 2.28. The molecule has 0 aromatic heterocycles.